The molecule has 0 aliphatic carbocycles. The van der Waals surface area contributed by atoms with E-state index in [1.54, 1.807) is 36.1 Å². The van der Waals surface area contributed by atoms with Crippen LogP contribution in [0.15, 0.2) is 28.8 Å². The number of halogens is 2. The Hall–Kier alpha value is -2.05. The second-order valence-corrected chi connectivity index (χ2v) is 6.11. The van der Waals surface area contributed by atoms with E-state index in [1.807, 2.05) is 0 Å². The Morgan fingerprint density at radius 1 is 1.35 bits per heavy atom. The summed E-state index contributed by atoms with van der Waals surface area (Å²) in [5.74, 6) is -0.165. The molecule has 8 heteroatoms. The molecule has 1 saturated heterocycles. The lowest BCUT2D eigenvalue weighted by Gasteiger charge is -2.37. The highest BCUT2D eigenvalue weighted by molar-refractivity contribution is 6.44. The Labute approximate surface area is 142 Å². The molecule has 0 atom stereocenters. The Bertz CT molecular complexity index is 769. The normalized spacial score (nSPS) is 14.5. The first-order valence-electron chi connectivity index (χ1n) is 6.93. The molecule has 0 radical (unpaired) electrons. The minimum atomic E-state index is -0.290. The van der Waals surface area contributed by atoms with Crippen LogP contribution in [-0.4, -0.2) is 35.0 Å². The molecule has 1 fully saturated rings. The van der Waals surface area contributed by atoms with Crippen LogP contribution in [0.5, 0.6) is 0 Å². The first-order valence-corrected chi connectivity index (χ1v) is 7.69. The van der Waals surface area contributed by atoms with Gasteiger partial charge in [0, 0.05) is 19.2 Å². The van der Waals surface area contributed by atoms with Crippen LogP contribution in [0.2, 0.25) is 10.0 Å². The average Bonchev–Trinajstić information content (AvgIpc) is 2.89. The second kappa shape index (κ2) is 6.22. The van der Waals surface area contributed by atoms with Crippen LogP contribution in [0.3, 0.4) is 0 Å². The molecule has 1 aromatic carbocycles. The smallest absolute Gasteiger partial charge is 0.276 e. The average molecular weight is 354 g/mol. The van der Waals surface area contributed by atoms with Crippen LogP contribution in [0.1, 0.15) is 16.2 Å². The van der Waals surface area contributed by atoms with Crippen LogP contribution >= 0.6 is 23.2 Å². The minimum Gasteiger partial charge on any atom is -0.361 e. The van der Waals surface area contributed by atoms with Gasteiger partial charge in [-0.3, -0.25) is 9.59 Å². The molecule has 23 heavy (non-hydrogen) atoms. The molecule has 1 aromatic heterocycles. The predicted octanol–water partition coefficient (Wildman–Crippen LogP) is 3.00. The lowest BCUT2D eigenvalue weighted by molar-refractivity contribution is -0.123. The van der Waals surface area contributed by atoms with Crippen LogP contribution in [0.25, 0.3) is 0 Å². The van der Waals surface area contributed by atoms with Gasteiger partial charge in [0.2, 0.25) is 5.91 Å². The number of hydrogen-bond acceptors (Lipinski definition) is 4. The van der Waals surface area contributed by atoms with E-state index >= 15 is 0 Å². The number of hydrogen-bond donors (Lipinski definition) is 1. The van der Waals surface area contributed by atoms with E-state index in [0.29, 0.717) is 34.6 Å². The van der Waals surface area contributed by atoms with Gasteiger partial charge in [-0.25, -0.2) is 0 Å². The fourth-order valence-corrected chi connectivity index (χ4v) is 2.62. The molecular formula is C15H13Cl2N3O3. The monoisotopic (exact) mass is 353 g/mol. The maximum Gasteiger partial charge on any atom is 0.276 e. The van der Waals surface area contributed by atoms with E-state index in [0.717, 1.165) is 0 Å². The first kappa shape index (κ1) is 15.8. The van der Waals surface area contributed by atoms with Crippen molar-refractivity contribution in [3.8, 4) is 0 Å². The van der Waals surface area contributed by atoms with E-state index in [2.05, 4.69) is 10.5 Å². The van der Waals surface area contributed by atoms with Crippen molar-refractivity contribution in [2.45, 2.75) is 6.92 Å². The molecule has 0 saturated carbocycles. The van der Waals surface area contributed by atoms with E-state index in [9.17, 15) is 9.59 Å². The van der Waals surface area contributed by atoms with Gasteiger partial charge in [0.25, 0.3) is 5.91 Å². The summed E-state index contributed by atoms with van der Waals surface area (Å²) in [7, 11) is 0. The summed E-state index contributed by atoms with van der Waals surface area (Å²) in [6.07, 6.45) is 0. The Morgan fingerprint density at radius 3 is 2.74 bits per heavy atom. The van der Waals surface area contributed by atoms with Crippen molar-refractivity contribution in [1.82, 2.24) is 10.1 Å². The van der Waals surface area contributed by atoms with Crippen LogP contribution < -0.4 is 5.32 Å². The van der Waals surface area contributed by atoms with Gasteiger partial charge in [-0.2, -0.15) is 0 Å². The number of carbonyl (C=O) groups excluding carboxylic acids is 2. The molecule has 0 bridgehead atoms. The van der Waals surface area contributed by atoms with Gasteiger partial charge < -0.3 is 14.7 Å². The zero-order chi connectivity index (χ0) is 16.6. The number of benzene rings is 1. The number of nitrogens with one attached hydrogen (secondary N) is 1. The molecule has 120 valence electrons. The minimum absolute atomic E-state index is 0.199. The molecule has 0 unspecified atom stereocenters. The molecule has 1 N–H and O–H groups in total. The number of nitrogens with zero attached hydrogens (tertiary/aromatic N) is 2. The molecule has 2 heterocycles. The number of aromatic nitrogens is 1. The van der Waals surface area contributed by atoms with E-state index in [-0.39, 0.29) is 23.4 Å². The molecule has 1 aliphatic rings. The highest BCUT2D eigenvalue weighted by Gasteiger charge is 2.37. The molecule has 3 rings (SSSR count). The summed E-state index contributed by atoms with van der Waals surface area (Å²) < 4.78 is 4.88. The summed E-state index contributed by atoms with van der Waals surface area (Å²) in [5.41, 5.74) is 0.709. The van der Waals surface area contributed by atoms with Crippen LogP contribution in [0.4, 0.5) is 5.69 Å². The lowest BCUT2D eigenvalue weighted by atomic mass is 9.98. The third-order valence-electron chi connectivity index (χ3n) is 3.60. The van der Waals surface area contributed by atoms with Crippen molar-refractivity contribution < 1.29 is 14.1 Å². The molecule has 6 nitrogen and oxygen atoms in total. The summed E-state index contributed by atoms with van der Waals surface area (Å²) >= 11 is 11.9. The van der Waals surface area contributed by atoms with E-state index in [4.69, 9.17) is 27.7 Å². The molecule has 1 aliphatic heterocycles. The Morgan fingerprint density at radius 2 is 2.09 bits per heavy atom. The first-order chi connectivity index (χ1) is 11.0. The number of rotatable bonds is 3. The molecule has 2 aromatic rings. The van der Waals surface area contributed by atoms with Crippen molar-refractivity contribution in [3.05, 3.63) is 45.8 Å². The van der Waals surface area contributed by atoms with Gasteiger partial charge in [-0.05, 0) is 19.1 Å². The van der Waals surface area contributed by atoms with Crippen LogP contribution in [-0.2, 0) is 4.79 Å². The van der Waals surface area contributed by atoms with Crippen molar-refractivity contribution in [2.24, 2.45) is 5.92 Å². The quantitative estimate of drug-likeness (QED) is 0.920. The number of anilines is 1. The number of likely N-dealkylation sites (tertiary alicyclic amines) is 1. The Balaban J connectivity index is 1.58. The fraction of sp³-hybridized carbons (Fsp3) is 0.267. The maximum atomic E-state index is 12.2. The summed E-state index contributed by atoms with van der Waals surface area (Å²) in [5, 5.41) is 7.08. The van der Waals surface area contributed by atoms with Gasteiger partial charge in [0.15, 0.2) is 5.69 Å². The third-order valence-corrected chi connectivity index (χ3v) is 4.42. The molecule has 2 amide bonds. The summed E-state index contributed by atoms with van der Waals surface area (Å²) in [6, 6.07) is 6.59. The maximum absolute atomic E-state index is 12.2. The second-order valence-electron chi connectivity index (χ2n) is 5.32. The predicted molar refractivity (Wildman–Crippen MR) is 85.7 cm³/mol. The zero-order valence-corrected chi connectivity index (χ0v) is 13.7. The summed E-state index contributed by atoms with van der Waals surface area (Å²) in [6.45, 7) is 2.37. The molecular weight excluding hydrogens is 341 g/mol. The van der Waals surface area contributed by atoms with Crippen molar-refractivity contribution in [3.63, 3.8) is 0 Å². The number of carbonyl (C=O) groups is 2. The van der Waals surface area contributed by atoms with Gasteiger partial charge in [0.1, 0.15) is 5.76 Å². The van der Waals surface area contributed by atoms with Crippen molar-refractivity contribution >= 4 is 40.7 Å². The van der Waals surface area contributed by atoms with Crippen molar-refractivity contribution in [1.29, 1.82) is 0 Å². The highest BCUT2D eigenvalue weighted by Crippen LogP contribution is 2.30. The van der Waals surface area contributed by atoms with Gasteiger partial charge in [-0.15, -0.1) is 0 Å². The number of aryl methyl sites for hydroxylation is 1. The van der Waals surface area contributed by atoms with E-state index < -0.39 is 0 Å². The molecule has 0 spiro atoms. The SMILES string of the molecule is Cc1cc(C(=O)N2CC(C(=O)Nc3cccc(Cl)c3Cl)C2)no1. The largest absolute Gasteiger partial charge is 0.361 e. The van der Waals surface area contributed by atoms with Gasteiger partial charge in [0.05, 0.1) is 21.7 Å². The fourth-order valence-electron chi connectivity index (χ4n) is 2.27. The third kappa shape index (κ3) is 3.18. The standard InChI is InChI=1S/C15H13Cl2N3O3/c1-8-5-12(19-23-8)15(22)20-6-9(7-20)14(21)18-11-4-2-3-10(16)13(11)17/h2-5,9H,6-7H2,1H3,(H,18,21). The highest BCUT2D eigenvalue weighted by atomic mass is 35.5. The van der Waals surface area contributed by atoms with Crippen molar-refractivity contribution in [2.75, 3.05) is 18.4 Å². The topological polar surface area (TPSA) is 75.4 Å². The number of amides is 2. The summed E-state index contributed by atoms with van der Waals surface area (Å²) in [4.78, 5) is 25.8. The van der Waals surface area contributed by atoms with E-state index in [1.165, 1.54) is 0 Å². The van der Waals surface area contributed by atoms with Crippen LogP contribution in [0, 0.1) is 12.8 Å². The van der Waals surface area contributed by atoms with Gasteiger partial charge in [-0.1, -0.05) is 34.4 Å². The Kier molecular flexibility index (Phi) is 4.28. The lowest BCUT2D eigenvalue weighted by Crippen LogP contribution is -2.54. The van der Waals surface area contributed by atoms with Gasteiger partial charge >= 0.3 is 0 Å². The zero-order valence-electron chi connectivity index (χ0n) is 12.2.